The molecule has 4 rings (SSSR count). The Morgan fingerprint density at radius 3 is 2.33 bits per heavy atom. The van der Waals surface area contributed by atoms with E-state index in [1.54, 1.807) is 24.4 Å². The molecule has 1 aromatic heterocycles. The summed E-state index contributed by atoms with van der Waals surface area (Å²) in [4.78, 5) is 30.5. The molecule has 0 spiro atoms. The molecular formula is C21H21NO2. The van der Waals surface area contributed by atoms with Crippen LogP contribution in [0.4, 0.5) is 0 Å². The van der Waals surface area contributed by atoms with Crippen molar-refractivity contribution >= 4 is 11.6 Å². The first kappa shape index (κ1) is 15.3. The highest BCUT2D eigenvalue weighted by Gasteiger charge is 2.37. The average molecular weight is 319 g/mol. The van der Waals surface area contributed by atoms with Crippen molar-refractivity contribution in [3.05, 3.63) is 64.0 Å². The Hall–Kier alpha value is -2.29. The number of aryl methyl sites for hydroxylation is 1. The van der Waals surface area contributed by atoms with Gasteiger partial charge in [0.05, 0.1) is 5.56 Å². The summed E-state index contributed by atoms with van der Waals surface area (Å²) in [5.41, 5.74) is 4.30. The van der Waals surface area contributed by atoms with Gasteiger partial charge in [0, 0.05) is 28.6 Å². The Balaban J connectivity index is 1.90. The quantitative estimate of drug-likeness (QED) is 0.629. The third kappa shape index (κ3) is 2.15. The Morgan fingerprint density at radius 1 is 1.00 bits per heavy atom. The van der Waals surface area contributed by atoms with Crippen LogP contribution in [0.25, 0.3) is 0 Å². The van der Waals surface area contributed by atoms with Crippen molar-refractivity contribution in [2.45, 2.75) is 40.0 Å². The third-order valence-electron chi connectivity index (χ3n) is 5.56. The van der Waals surface area contributed by atoms with Crippen LogP contribution in [0.5, 0.6) is 0 Å². The van der Waals surface area contributed by atoms with Crippen LogP contribution in [-0.4, -0.2) is 16.6 Å². The molecule has 0 radical (unpaired) electrons. The number of ketones is 2. The Kier molecular flexibility index (Phi) is 3.24. The molecule has 0 aliphatic heterocycles. The minimum absolute atomic E-state index is 0.0200. The molecule has 122 valence electrons. The van der Waals surface area contributed by atoms with Gasteiger partial charge < -0.3 is 0 Å². The lowest BCUT2D eigenvalue weighted by atomic mass is 9.69. The van der Waals surface area contributed by atoms with Crippen LogP contribution in [0.3, 0.4) is 0 Å². The number of nitrogens with zero attached hydrogens (tertiary/aromatic N) is 1. The van der Waals surface area contributed by atoms with Crippen molar-refractivity contribution in [2.75, 3.05) is 0 Å². The van der Waals surface area contributed by atoms with E-state index >= 15 is 0 Å². The van der Waals surface area contributed by atoms with Gasteiger partial charge in [0.2, 0.25) is 0 Å². The smallest absolute Gasteiger partial charge is 0.196 e. The number of carbonyl (C=O) groups excluding carboxylic acids is 2. The van der Waals surface area contributed by atoms with E-state index in [0.717, 1.165) is 30.5 Å². The Bertz CT molecular complexity index is 874. The lowest BCUT2D eigenvalue weighted by Gasteiger charge is -2.36. The van der Waals surface area contributed by atoms with Gasteiger partial charge in [-0.05, 0) is 36.2 Å². The lowest BCUT2D eigenvalue weighted by Crippen LogP contribution is -2.31. The Morgan fingerprint density at radius 2 is 1.67 bits per heavy atom. The number of carbonyl (C=O) groups is 2. The second-order valence-electron chi connectivity index (χ2n) is 7.98. The van der Waals surface area contributed by atoms with E-state index in [-0.39, 0.29) is 17.0 Å². The zero-order valence-electron chi connectivity index (χ0n) is 14.3. The summed E-state index contributed by atoms with van der Waals surface area (Å²) in [5, 5.41) is 0. The average Bonchev–Trinajstić information content (AvgIpc) is 2.57. The van der Waals surface area contributed by atoms with E-state index in [4.69, 9.17) is 0 Å². The first-order valence-corrected chi connectivity index (χ1v) is 8.57. The second-order valence-corrected chi connectivity index (χ2v) is 7.98. The van der Waals surface area contributed by atoms with Gasteiger partial charge in [0.25, 0.3) is 0 Å². The van der Waals surface area contributed by atoms with E-state index in [0.29, 0.717) is 28.2 Å². The van der Waals surface area contributed by atoms with E-state index in [1.807, 2.05) is 6.07 Å². The van der Waals surface area contributed by atoms with Crippen LogP contribution in [0.2, 0.25) is 0 Å². The lowest BCUT2D eigenvalue weighted by molar-refractivity contribution is 0.0976. The number of benzene rings is 1. The Labute approximate surface area is 142 Å². The summed E-state index contributed by atoms with van der Waals surface area (Å²) in [5.74, 6) is 0.403. The van der Waals surface area contributed by atoms with Gasteiger partial charge in [0.15, 0.2) is 11.6 Å². The van der Waals surface area contributed by atoms with Gasteiger partial charge in [0.1, 0.15) is 0 Å². The van der Waals surface area contributed by atoms with Crippen molar-refractivity contribution < 1.29 is 9.59 Å². The maximum absolute atomic E-state index is 13.1. The van der Waals surface area contributed by atoms with E-state index in [1.165, 1.54) is 0 Å². The van der Waals surface area contributed by atoms with Crippen LogP contribution >= 0.6 is 0 Å². The van der Waals surface area contributed by atoms with Crippen molar-refractivity contribution in [3.8, 4) is 0 Å². The second kappa shape index (κ2) is 5.10. The monoisotopic (exact) mass is 319 g/mol. The van der Waals surface area contributed by atoms with Gasteiger partial charge in [-0.3, -0.25) is 14.6 Å². The number of hydrogen-bond acceptors (Lipinski definition) is 3. The minimum Gasteiger partial charge on any atom is -0.289 e. The van der Waals surface area contributed by atoms with Gasteiger partial charge in [-0.1, -0.05) is 45.0 Å². The molecule has 0 fully saturated rings. The fourth-order valence-electron chi connectivity index (χ4n) is 4.02. The molecule has 3 heteroatoms. The summed E-state index contributed by atoms with van der Waals surface area (Å²) >= 11 is 0. The van der Waals surface area contributed by atoms with Gasteiger partial charge in [-0.15, -0.1) is 0 Å². The first-order chi connectivity index (χ1) is 11.4. The molecule has 0 amide bonds. The number of pyridine rings is 1. The molecule has 0 saturated heterocycles. The predicted octanol–water partition coefficient (Wildman–Crippen LogP) is 4.01. The predicted molar refractivity (Wildman–Crippen MR) is 92.5 cm³/mol. The highest BCUT2D eigenvalue weighted by molar-refractivity contribution is 6.28. The van der Waals surface area contributed by atoms with Gasteiger partial charge >= 0.3 is 0 Å². The largest absolute Gasteiger partial charge is 0.289 e. The number of rotatable bonds is 0. The van der Waals surface area contributed by atoms with Crippen LogP contribution in [-0.2, 0) is 12.8 Å². The SMILES string of the molecule is CC(C)(C)C1CCc2ncc3c(c2C1)C(=O)c1ccccc1C3=O. The van der Waals surface area contributed by atoms with Gasteiger partial charge in [-0.2, -0.15) is 0 Å². The topological polar surface area (TPSA) is 47.0 Å². The maximum Gasteiger partial charge on any atom is 0.196 e. The van der Waals surface area contributed by atoms with Crippen molar-refractivity contribution in [3.63, 3.8) is 0 Å². The molecule has 0 N–H and O–H groups in total. The van der Waals surface area contributed by atoms with Crippen LogP contribution in [0, 0.1) is 11.3 Å². The molecule has 1 unspecified atom stereocenters. The van der Waals surface area contributed by atoms with Crippen molar-refractivity contribution in [2.24, 2.45) is 11.3 Å². The van der Waals surface area contributed by atoms with Crippen molar-refractivity contribution in [1.82, 2.24) is 4.98 Å². The van der Waals surface area contributed by atoms with Crippen molar-refractivity contribution in [1.29, 1.82) is 0 Å². The summed E-state index contributed by atoms with van der Waals surface area (Å²) in [7, 11) is 0. The normalized spacial score (nSPS) is 19.5. The highest BCUT2D eigenvalue weighted by Crippen LogP contribution is 2.40. The highest BCUT2D eigenvalue weighted by atomic mass is 16.1. The zero-order chi connectivity index (χ0) is 17.1. The molecule has 2 aliphatic rings. The fraction of sp³-hybridized carbons (Fsp3) is 0.381. The maximum atomic E-state index is 13.1. The van der Waals surface area contributed by atoms with E-state index in [2.05, 4.69) is 25.8 Å². The zero-order valence-corrected chi connectivity index (χ0v) is 14.3. The van der Waals surface area contributed by atoms with E-state index in [9.17, 15) is 9.59 Å². The summed E-state index contributed by atoms with van der Waals surface area (Å²) in [6, 6.07) is 7.11. The van der Waals surface area contributed by atoms with Crippen LogP contribution in [0.1, 0.15) is 70.3 Å². The molecule has 1 heterocycles. The van der Waals surface area contributed by atoms with Crippen LogP contribution < -0.4 is 0 Å². The molecule has 2 aromatic rings. The molecule has 1 aromatic carbocycles. The molecular weight excluding hydrogens is 298 g/mol. The third-order valence-corrected chi connectivity index (χ3v) is 5.56. The summed E-state index contributed by atoms with van der Waals surface area (Å²) in [6.07, 6.45) is 4.41. The summed E-state index contributed by atoms with van der Waals surface area (Å²) in [6.45, 7) is 6.73. The number of aromatic nitrogens is 1. The first-order valence-electron chi connectivity index (χ1n) is 8.57. The molecule has 3 nitrogen and oxygen atoms in total. The van der Waals surface area contributed by atoms with Crippen LogP contribution in [0.15, 0.2) is 30.5 Å². The number of fused-ring (bicyclic) bond motifs is 4. The molecule has 1 atom stereocenters. The summed E-state index contributed by atoms with van der Waals surface area (Å²) < 4.78 is 0. The fourth-order valence-corrected chi connectivity index (χ4v) is 4.02. The molecule has 0 saturated carbocycles. The molecule has 2 aliphatic carbocycles. The van der Waals surface area contributed by atoms with Gasteiger partial charge in [-0.25, -0.2) is 0 Å². The number of hydrogen-bond donors (Lipinski definition) is 0. The standard InChI is InChI=1S/C21H21NO2/c1-21(2,3)12-8-9-17-15(10-12)18-16(11-22-17)19(23)13-6-4-5-7-14(13)20(18)24/h4-7,11-12H,8-10H2,1-3H3. The minimum atomic E-state index is -0.0756. The molecule has 24 heavy (non-hydrogen) atoms. The van der Waals surface area contributed by atoms with E-state index < -0.39 is 0 Å². The molecule has 0 bridgehead atoms.